The molecule has 1 aliphatic heterocycles. The molecule has 0 atom stereocenters. The molecule has 0 radical (unpaired) electrons. The second kappa shape index (κ2) is 7.90. The topological polar surface area (TPSA) is 78.8 Å². The molecule has 0 fully saturated rings. The van der Waals surface area contributed by atoms with Crippen molar-refractivity contribution in [2.75, 3.05) is 6.54 Å². The number of rotatable bonds is 4. The Morgan fingerprint density at radius 2 is 1.93 bits per heavy atom. The SMILES string of the molecule is N#Cc1ccc(-c2cccc(CN3CCc4nc(-c5ccco5)ncc4C3)n2)cc1. The van der Waals surface area contributed by atoms with Gasteiger partial charge < -0.3 is 4.42 Å². The smallest absolute Gasteiger partial charge is 0.195 e. The molecule has 0 spiro atoms. The number of furan rings is 1. The molecule has 4 heterocycles. The van der Waals surface area contributed by atoms with Gasteiger partial charge in [0, 0.05) is 43.4 Å². The molecular weight excluding hydrogens is 374 g/mol. The summed E-state index contributed by atoms with van der Waals surface area (Å²) in [4.78, 5) is 16.4. The molecule has 6 heteroatoms. The quantitative estimate of drug-likeness (QED) is 0.516. The summed E-state index contributed by atoms with van der Waals surface area (Å²) in [6.07, 6.45) is 4.42. The van der Waals surface area contributed by atoms with Crippen molar-refractivity contribution in [3.63, 3.8) is 0 Å². The van der Waals surface area contributed by atoms with Gasteiger partial charge in [0.25, 0.3) is 0 Å². The lowest BCUT2D eigenvalue weighted by Gasteiger charge is -2.27. The highest BCUT2D eigenvalue weighted by molar-refractivity contribution is 5.60. The fourth-order valence-corrected chi connectivity index (χ4v) is 3.71. The lowest BCUT2D eigenvalue weighted by Crippen LogP contribution is -2.31. The van der Waals surface area contributed by atoms with Crippen molar-refractivity contribution in [1.29, 1.82) is 5.26 Å². The van der Waals surface area contributed by atoms with Crippen molar-refractivity contribution < 1.29 is 4.42 Å². The highest BCUT2D eigenvalue weighted by Crippen LogP contribution is 2.23. The van der Waals surface area contributed by atoms with Gasteiger partial charge >= 0.3 is 0 Å². The molecule has 146 valence electrons. The van der Waals surface area contributed by atoms with Crippen LogP contribution in [0.1, 0.15) is 22.5 Å². The Labute approximate surface area is 174 Å². The third-order valence-electron chi connectivity index (χ3n) is 5.26. The Morgan fingerprint density at radius 3 is 2.73 bits per heavy atom. The fourth-order valence-electron chi connectivity index (χ4n) is 3.71. The first kappa shape index (κ1) is 18.2. The number of pyridine rings is 1. The van der Waals surface area contributed by atoms with Crippen LogP contribution < -0.4 is 0 Å². The zero-order valence-electron chi connectivity index (χ0n) is 16.3. The van der Waals surface area contributed by atoms with E-state index in [-0.39, 0.29) is 0 Å². The van der Waals surface area contributed by atoms with E-state index in [9.17, 15) is 0 Å². The van der Waals surface area contributed by atoms with Crippen LogP contribution in [-0.2, 0) is 19.5 Å². The maximum absolute atomic E-state index is 8.97. The van der Waals surface area contributed by atoms with Gasteiger partial charge in [0.1, 0.15) is 0 Å². The van der Waals surface area contributed by atoms with Crippen molar-refractivity contribution in [1.82, 2.24) is 19.9 Å². The molecule has 0 N–H and O–H groups in total. The number of hydrogen-bond donors (Lipinski definition) is 0. The minimum atomic E-state index is 0.643. The monoisotopic (exact) mass is 393 g/mol. The summed E-state index contributed by atoms with van der Waals surface area (Å²) < 4.78 is 5.41. The molecule has 0 saturated carbocycles. The summed E-state index contributed by atoms with van der Waals surface area (Å²) in [5.74, 6) is 1.34. The molecule has 0 amide bonds. The second-order valence-electron chi connectivity index (χ2n) is 7.31. The van der Waals surface area contributed by atoms with Crippen LogP contribution in [0.5, 0.6) is 0 Å². The largest absolute Gasteiger partial charge is 0.461 e. The average Bonchev–Trinajstić information content (AvgIpc) is 3.34. The van der Waals surface area contributed by atoms with Crippen molar-refractivity contribution in [3.8, 4) is 28.9 Å². The maximum Gasteiger partial charge on any atom is 0.195 e. The summed E-state index contributed by atoms with van der Waals surface area (Å²) >= 11 is 0. The highest BCUT2D eigenvalue weighted by atomic mass is 16.3. The number of hydrogen-bond acceptors (Lipinski definition) is 6. The van der Waals surface area contributed by atoms with Crippen LogP contribution in [0.4, 0.5) is 0 Å². The lowest BCUT2D eigenvalue weighted by molar-refractivity contribution is 0.240. The van der Waals surface area contributed by atoms with Gasteiger partial charge in [0.05, 0.1) is 35.0 Å². The molecule has 5 rings (SSSR count). The first-order chi connectivity index (χ1) is 14.8. The van der Waals surface area contributed by atoms with Crippen LogP contribution in [0.15, 0.2) is 71.5 Å². The van der Waals surface area contributed by atoms with E-state index in [4.69, 9.17) is 19.6 Å². The van der Waals surface area contributed by atoms with Crippen molar-refractivity contribution in [2.24, 2.45) is 0 Å². The van der Waals surface area contributed by atoms with E-state index in [0.29, 0.717) is 17.1 Å². The summed E-state index contributed by atoms with van der Waals surface area (Å²) in [7, 11) is 0. The maximum atomic E-state index is 8.97. The molecule has 4 aromatic rings. The Morgan fingerprint density at radius 1 is 1.03 bits per heavy atom. The first-order valence-corrected chi connectivity index (χ1v) is 9.86. The average molecular weight is 393 g/mol. The summed E-state index contributed by atoms with van der Waals surface area (Å²) in [5, 5.41) is 8.97. The molecule has 3 aromatic heterocycles. The van der Waals surface area contributed by atoms with E-state index in [2.05, 4.69) is 22.0 Å². The molecule has 30 heavy (non-hydrogen) atoms. The summed E-state index contributed by atoms with van der Waals surface area (Å²) in [5.41, 5.74) is 5.85. The van der Waals surface area contributed by atoms with Gasteiger partial charge in [-0.15, -0.1) is 0 Å². The molecule has 0 unspecified atom stereocenters. The first-order valence-electron chi connectivity index (χ1n) is 9.86. The molecule has 6 nitrogen and oxygen atoms in total. The number of fused-ring (bicyclic) bond motifs is 1. The van der Waals surface area contributed by atoms with Gasteiger partial charge in [-0.3, -0.25) is 9.88 Å². The van der Waals surface area contributed by atoms with E-state index in [1.165, 1.54) is 0 Å². The number of benzene rings is 1. The highest BCUT2D eigenvalue weighted by Gasteiger charge is 2.20. The fraction of sp³-hybridized carbons (Fsp3) is 0.167. The Kier molecular flexibility index (Phi) is 4.80. The van der Waals surface area contributed by atoms with Gasteiger partial charge in [-0.25, -0.2) is 9.97 Å². The molecule has 0 aliphatic carbocycles. The van der Waals surface area contributed by atoms with E-state index in [1.807, 2.05) is 54.7 Å². The van der Waals surface area contributed by atoms with Crippen LogP contribution in [0.25, 0.3) is 22.8 Å². The zero-order chi connectivity index (χ0) is 20.3. The van der Waals surface area contributed by atoms with E-state index in [0.717, 1.165) is 54.3 Å². The standard InChI is InChI=1S/C24H19N5O/c25-13-17-6-8-18(9-7-17)21-4-1-3-20(27-21)16-29-11-10-22-19(15-29)14-26-24(28-22)23-5-2-12-30-23/h1-9,12,14H,10-11,15-16H2. The predicted octanol–water partition coefficient (Wildman–Crippen LogP) is 4.23. The molecule has 1 aromatic carbocycles. The van der Waals surface area contributed by atoms with Crippen LogP contribution in [0.2, 0.25) is 0 Å². The Balaban J connectivity index is 1.31. The molecule has 0 saturated heterocycles. The van der Waals surface area contributed by atoms with Crippen LogP contribution >= 0.6 is 0 Å². The normalized spacial score (nSPS) is 13.6. The predicted molar refractivity (Wildman–Crippen MR) is 112 cm³/mol. The minimum absolute atomic E-state index is 0.643. The van der Waals surface area contributed by atoms with Crippen molar-refractivity contribution in [2.45, 2.75) is 19.5 Å². The van der Waals surface area contributed by atoms with Crippen LogP contribution in [-0.4, -0.2) is 26.4 Å². The third kappa shape index (κ3) is 3.71. The number of nitriles is 1. The second-order valence-corrected chi connectivity index (χ2v) is 7.31. The molecule has 1 aliphatic rings. The summed E-state index contributed by atoms with van der Waals surface area (Å²) in [6.45, 7) is 2.49. The number of nitrogens with zero attached hydrogens (tertiary/aromatic N) is 5. The van der Waals surface area contributed by atoms with Gasteiger partial charge in [-0.1, -0.05) is 18.2 Å². The molecular formula is C24H19N5O. The lowest BCUT2D eigenvalue weighted by atomic mass is 10.1. The van der Waals surface area contributed by atoms with Crippen LogP contribution in [0, 0.1) is 11.3 Å². The third-order valence-corrected chi connectivity index (χ3v) is 5.26. The van der Waals surface area contributed by atoms with E-state index < -0.39 is 0 Å². The van der Waals surface area contributed by atoms with Crippen molar-refractivity contribution in [3.05, 3.63) is 89.6 Å². The van der Waals surface area contributed by atoms with Gasteiger partial charge in [0.2, 0.25) is 0 Å². The minimum Gasteiger partial charge on any atom is -0.461 e. The van der Waals surface area contributed by atoms with Gasteiger partial charge in [-0.2, -0.15) is 5.26 Å². The van der Waals surface area contributed by atoms with E-state index >= 15 is 0 Å². The molecule has 0 bridgehead atoms. The van der Waals surface area contributed by atoms with Crippen molar-refractivity contribution >= 4 is 0 Å². The Hall–Kier alpha value is -3.82. The van der Waals surface area contributed by atoms with Gasteiger partial charge in [-0.05, 0) is 36.4 Å². The van der Waals surface area contributed by atoms with Crippen LogP contribution in [0.3, 0.4) is 0 Å². The number of aromatic nitrogens is 3. The van der Waals surface area contributed by atoms with E-state index in [1.54, 1.807) is 6.26 Å². The summed E-state index contributed by atoms with van der Waals surface area (Å²) in [6, 6.07) is 19.5. The van der Waals surface area contributed by atoms with Gasteiger partial charge in [0.15, 0.2) is 11.6 Å². The Bertz CT molecular complexity index is 1210. The zero-order valence-corrected chi connectivity index (χ0v) is 16.3.